The van der Waals surface area contributed by atoms with Crippen LogP contribution in [0.1, 0.15) is 49.1 Å². The Kier molecular flexibility index (Phi) is 3.32. The lowest BCUT2D eigenvalue weighted by atomic mass is 9.85. The van der Waals surface area contributed by atoms with Crippen LogP contribution in [0.4, 0.5) is 0 Å². The Morgan fingerprint density at radius 2 is 2.10 bits per heavy atom. The van der Waals surface area contributed by atoms with E-state index >= 15 is 0 Å². The molecular weight excluding hydrogens is 274 g/mol. The average Bonchev–Trinajstić information content (AvgIpc) is 3.05. The van der Waals surface area contributed by atoms with E-state index in [0.29, 0.717) is 6.54 Å². The molecule has 1 aliphatic heterocycles. The second-order valence-corrected chi connectivity index (χ2v) is 7.06. The number of carbonyl (C=O) groups excluding carboxylic acids is 1. The third-order valence-corrected chi connectivity index (χ3v) is 5.68. The van der Waals surface area contributed by atoms with Crippen LogP contribution in [0.25, 0.3) is 0 Å². The van der Waals surface area contributed by atoms with Gasteiger partial charge in [0.25, 0.3) is 0 Å². The van der Waals surface area contributed by atoms with Gasteiger partial charge in [0, 0.05) is 16.8 Å². The molecule has 1 saturated carbocycles. The van der Waals surface area contributed by atoms with E-state index in [1.807, 2.05) is 18.4 Å². The summed E-state index contributed by atoms with van der Waals surface area (Å²) < 4.78 is 0. The van der Waals surface area contributed by atoms with E-state index in [0.717, 1.165) is 42.5 Å². The number of amides is 1. The normalized spacial score (nSPS) is 24.4. The van der Waals surface area contributed by atoms with Crippen LogP contribution in [-0.4, -0.2) is 28.4 Å². The molecule has 1 atom stereocenters. The van der Waals surface area contributed by atoms with Crippen LogP contribution in [0.15, 0.2) is 11.4 Å². The summed E-state index contributed by atoms with van der Waals surface area (Å²) in [6.45, 7) is 2.52. The summed E-state index contributed by atoms with van der Waals surface area (Å²) >= 11 is 1.59. The number of thiophene rings is 1. The lowest BCUT2D eigenvalue weighted by molar-refractivity contribution is -0.155. The number of carboxylic acid groups (broad SMARTS) is 1. The Morgan fingerprint density at radius 1 is 1.40 bits per heavy atom. The predicted octanol–water partition coefficient (Wildman–Crippen LogP) is 2.84. The van der Waals surface area contributed by atoms with Crippen molar-refractivity contribution in [3.05, 3.63) is 21.9 Å². The van der Waals surface area contributed by atoms with Crippen LogP contribution in [-0.2, 0) is 16.0 Å². The summed E-state index contributed by atoms with van der Waals surface area (Å²) in [5, 5.41) is 11.5. The van der Waals surface area contributed by atoms with Crippen molar-refractivity contribution in [2.24, 2.45) is 5.41 Å². The van der Waals surface area contributed by atoms with E-state index in [1.54, 1.807) is 16.2 Å². The molecule has 3 rings (SSSR count). The number of hydrogen-bond acceptors (Lipinski definition) is 3. The van der Waals surface area contributed by atoms with Crippen LogP contribution in [0.5, 0.6) is 0 Å². The Balaban J connectivity index is 1.93. The van der Waals surface area contributed by atoms with Crippen molar-refractivity contribution >= 4 is 23.2 Å². The first-order valence-electron chi connectivity index (χ1n) is 7.13. The molecule has 1 fully saturated rings. The third kappa shape index (κ3) is 2.04. The lowest BCUT2D eigenvalue weighted by Crippen LogP contribution is -2.48. The Bertz CT molecular complexity index is 545. The predicted molar refractivity (Wildman–Crippen MR) is 76.7 cm³/mol. The first-order valence-corrected chi connectivity index (χ1v) is 8.01. The number of carboxylic acids is 1. The maximum absolute atomic E-state index is 12.8. The largest absolute Gasteiger partial charge is 0.479 e. The second kappa shape index (κ2) is 4.88. The van der Waals surface area contributed by atoms with Crippen LogP contribution < -0.4 is 0 Å². The van der Waals surface area contributed by atoms with Crippen LogP contribution in [0.3, 0.4) is 0 Å². The van der Waals surface area contributed by atoms with Gasteiger partial charge in [-0.05, 0) is 36.3 Å². The van der Waals surface area contributed by atoms with Crippen LogP contribution >= 0.6 is 11.3 Å². The zero-order chi connectivity index (χ0) is 14.3. The zero-order valence-corrected chi connectivity index (χ0v) is 12.4. The maximum atomic E-state index is 12.8. The van der Waals surface area contributed by atoms with Crippen LogP contribution in [0.2, 0.25) is 0 Å². The molecule has 0 aromatic carbocycles. The van der Waals surface area contributed by atoms with Gasteiger partial charge in [0.2, 0.25) is 5.91 Å². The second-order valence-electron chi connectivity index (χ2n) is 6.06. The molecule has 0 bridgehead atoms. The van der Waals surface area contributed by atoms with Gasteiger partial charge in [-0.3, -0.25) is 4.79 Å². The quantitative estimate of drug-likeness (QED) is 0.912. The molecule has 2 aliphatic rings. The van der Waals surface area contributed by atoms with Gasteiger partial charge in [-0.2, -0.15) is 0 Å². The minimum Gasteiger partial charge on any atom is -0.479 e. The van der Waals surface area contributed by atoms with Gasteiger partial charge < -0.3 is 10.0 Å². The number of fused-ring (bicyclic) bond motifs is 1. The highest BCUT2D eigenvalue weighted by atomic mass is 32.1. The van der Waals surface area contributed by atoms with Crippen molar-refractivity contribution < 1.29 is 14.7 Å². The fourth-order valence-electron chi connectivity index (χ4n) is 3.52. The molecule has 1 aliphatic carbocycles. The number of rotatable bonds is 2. The highest BCUT2D eigenvalue weighted by Gasteiger charge is 2.45. The molecular formula is C15H19NO3S. The first kappa shape index (κ1) is 13.6. The molecule has 1 unspecified atom stereocenters. The molecule has 20 heavy (non-hydrogen) atoms. The summed E-state index contributed by atoms with van der Waals surface area (Å²) in [7, 11) is 0. The number of hydrogen-bond donors (Lipinski definition) is 1. The summed E-state index contributed by atoms with van der Waals surface area (Å²) in [5.41, 5.74) is 0.449. The summed E-state index contributed by atoms with van der Waals surface area (Å²) in [6.07, 6.45) is 4.67. The van der Waals surface area contributed by atoms with Crippen molar-refractivity contribution in [2.75, 3.05) is 6.54 Å². The van der Waals surface area contributed by atoms with Gasteiger partial charge in [0.1, 0.15) is 0 Å². The Labute approximate surface area is 122 Å². The van der Waals surface area contributed by atoms with E-state index in [4.69, 9.17) is 0 Å². The van der Waals surface area contributed by atoms with E-state index in [2.05, 4.69) is 0 Å². The average molecular weight is 293 g/mol. The van der Waals surface area contributed by atoms with Gasteiger partial charge in [-0.1, -0.05) is 19.8 Å². The molecule has 0 radical (unpaired) electrons. The number of aliphatic carboxylic acids is 1. The number of nitrogens with zero attached hydrogens (tertiary/aromatic N) is 1. The minimum absolute atomic E-state index is 0.0271. The SMILES string of the molecule is CC1(C(=O)N2CCc3sccc3C2C(=O)O)CCCC1. The van der Waals surface area contributed by atoms with E-state index in [1.165, 1.54) is 0 Å². The maximum Gasteiger partial charge on any atom is 0.331 e. The van der Waals surface area contributed by atoms with Gasteiger partial charge in [0.15, 0.2) is 6.04 Å². The van der Waals surface area contributed by atoms with Crippen molar-refractivity contribution in [2.45, 2.75) is 45.1 Å². The fourth-order valence-corrected chi connectivity index (χ4v) is 4.42. The van der Waals surface area contributed by atoms with E-state index < -0.39 is 12.0 Å². The first-order chi connectivity index (χ1) is 9.53. The van der Waals surface area contributed by atoms with Crippen LogP contribution in [0, 0.1) is 5.41 Å². The Morgan fingerprint density at radius 3 is 2.75 bits per heavy atom. The van der Waals surface area contributed by atoms with Crippen molar-refractivity contribution in [3.63, 3.8) is 0 Å². The molecule has 0 spiro atoms. The highest BCUT2D eigenvalue weighted by Crippen LogP contribution is 2.42. The standard InChI is InChI=1S/C15H19NO3S/c1-15(6-2-3-7-15)14(19)16-8-4-11-10(5-9-20-11)12(16)13(17)18/h5,9,12H,2-4,6-8H2,1H3,(H,17,18). The molecule has 1 amide bonds. The summed E-state index contributed by atoms with van der Waals surface area (Å²) in [6, 6.07) is 1.06. The minimum atomic E-state index is -0.917. The molecule has 2 heterocycles. The fraction of sp³-hybridized carbons (Fsp3) is 0.600. The van der Waals surface area contributed by atoms with Crippen molar-refractivity contribution in [3.8, 4) is 0 Å². The Hall–Kier alpha value is -1.36. The molecule has 5 heteroatoms. The van der Waals surface area contributed by atoms with Crippen molar-refractivity contribution in [1.29, 1.82) is 0 Å². The number of carbonyl (C=O) groups is 2. The monoisotopic (exact) mass is 293 g/mol. The van der Waals surface area contributed by atoms with Gasteiger partial charge in [-0.25, -0.2) is 4.79 Å². The molecule has 1 aromatic heterocycles. The third-order valence-electron chi connectivity index (χ3n) is 4.68. The molecule has 1 N–H and O–H groups in total. The van der Waals surface area contributed by atoms with E-state index in [9.17, 15) is 14.7 Å². The smallest absolute Gasteiger partial charge is 0.331 e. The molecule has 4 nitrogen and oxygen atoms in total. The lowest BCUT2D eigenvalue weighted by Gasteiger charge is -2.38. The topological polar surface area (TPSA) is 57.6 Å². The molecule has 0 saturated heterocycles. The van der Waals surface area contributed by atoms with Gasteiger partial charge >= 0.3 is 5.97 Å². The highest BCUT2D eigenvalue weighted by molar-refractivity contribution is 7.10. The van der Waals surface area contributed by atoms with Gasteiger partial charge in [0.05, 0.1) is 0 Å². The summed E-state index contributed by atoms with van der Waals surface area (Å²) in [5.74, 6) is -0.890. The van der Waals surface area contributed by atoms with Crippen molar-refractivity contribution in [1.82, 2.24) is 4.90 Å². The molecule has 108 valence electrons. The molecule has 1 aromatic rings. The van der Waals surface area contributed by atoms with Gasteiger partial charge in [-0.15, -0.1) is 11.3 Å². The van der Waals surface area contributed by atoms with E-state index in [-0.39, 0.29) is 11.3 Å². The summed E-state index contributed by atoms with van der Waals surface area (Å²) in [4.78, 5) is 27.2. The zero-order valence-electron chi connectivity index (χ0n) is 11.6.